The standard InChI is InChI=1S/C13H20N4O4/c1-8(2)9-5-11(21-16-9)15-10(18)6-17-4-3-13(14,7-17)12(19)20/h5,8H,3-4,6-7,14H2,1-2H3,(H,15,18)(H,19,20). The maximum Gasteiger partial charge on any atom is 0.325 e. The van der Waals surface area contributed by atoms with Gasteiger partial charge in [-0.2, -0.15) is 0 Å². The summed E-state index contributed by atoms with van der Waals surface area (Å²) in [6, 6.07) is 1.68. The monoisotopic (exact) mass is 296 g/mol. The van der Waals surface area contributed by atoms with E-state index in [-0.39, 0.29) is 24.9 Å². The highest BCUT2D eigenvalue weighted by molar-refractivity contribution is 5.91. The zero-order chi connectivity index (χ0) is 15.6. The number of anilines is 1. The molecule has 1 aliphatic rings. The van der Waals surface area contributed by atoms with Crippen LogP contribution < -0.4 is 11.1 Å². The number of nitrogens with zero attached hydrogens (tertiary/aromatic N) is 2. The number of nitrogens with two attached hydrogens (primary N) is 1. The molecule has 8 heteroatoms. The number of carbonyl (C=O) groups is 2. The first kappa shape index (κ1) is 15.5. The molecule has 0 aliphatic carbocycles. The summed E-state index contributed by atoms with van der Waals surface area (Å²) in [7, 11) is 0. The highest BCUT2D eigenvalue weighted by Crippen LogP contribution is 2.20. The highest BCUT2D eigenvalue weighted by atomic mass is 16.5. The van der Waals surface area contributed by atoms with Gasteiger partial charge in [0.2, 0.25) is 11.8 Å². The number of amides is 1. The van der Waals surface area contributed by atoms with Gasteiger partial charge in [-0.3, -0.25) is 19.8 Å². The number of carbonyl (C=O) groups excluding carboxylic acids is 1. The third kappa shape index (κ3) is 3.59. The molecule has 4 N–H and O–H groups in total. The lowest BCUT2D eigenvalue weighted by Gasteiger charge is -2.19. The van der Waals surface area contributed by atoms with Crippen LogP contribution in [0.1, 0.15) is 31.9 Å². The van der Waals surface area contributed by atoms with Crippen molar-refractivity contribution in [1.29, 1.82) is 0 Å². The number of aliphatic carboxylic acids is 1. The molecule has 116 valence electrons. The van der Waals surface area contributed by atoms with Crippen molar-refractivity contribution >= 4 is 17.8 Å². The van der Waals surface area contributed by atoms with Gasteiger partial charge in [-0.05, 0) is 12.3 Å². The lowest BCUT2D eigenvalue weighted by Crippen LogP contribution is -2.50. The van der Waals surface area contributed by atoms with Crippen LogP contribution in [-0.4, -0.2) is 52.2 Å². The lowest BCUT2D eigenvalue weighted by atomic mass is 10.0. The first-order valence-corrected chi connectivity index (χ1v) is 6.81. The van der Waals surface area contributed by atoms with Crippen LogP contribution in [0.4, 0.5) is 5.88 Å². The second kappa shape index (κ2) is 5.82. The fourth-order valence-electron chi connectivity index (χ4n) is 2.22. The molecule has 8 nitrogen and oxygen atoms in total. The minimum absolute atomic E-state index is 0.0734. The van der Waals surface area contributed by atoms with Crippen LogP contribution in [0.3, 0.4) is 0 Å². The molecule has 2 rings (SSSR count). The van der Waals surface area contributed by atoms with Gasteiger partial charge < -0.3 is 15.4 Å². The van der Waals surface area contributed by atoms with E-state index in [9.17, 15) is 9.59 Å². The molecule has 1 unspecified atom stereocenters. The van der Waals surface area contributed by atoms with Crippen LogP contribution in [0.15, 0.2) is 10.6 Å². The van der Waals surface area contributed by atoms with Crippen LogP contribution in [0.2, 0.25) is 0 Å². The van der Waals surface area contributed by atoms with Gasteiger partial charge >= 0.3 is 5.97 Å². The highest BCUT2D eigenvalue weighted by Gasteiger charge is 2.41. The molecule has 1 atom stereocenters. The fraction of sp³-hybridized carbons (Fsp3) is 0.615. The number of carboxylic acid groups (broad SMARTS) is 1. The Morgan fingerprint density at radius 2 is 2.33 bits per heavy atom. The summed E-state index contributed by atoms with van der Waals surface area (Å²) in [5.74, 6) is -0.815. The van der Waals surface area contributed by atoms with Crippen molar-refractivity contribution in [2.24, 2.45) is 5.73 Å². The summed E-state index contributed by atoms with van der Waals surface area (Å²) in [5.41, 5.74) is 5.25. The minimum Gasteiger partial charge on any atom is -0.480 e. The van der Waals surface area contributed by atoms with E-state index in [1.54, 1.807) is 11.0 Å². The van der Waals surface area contributed by atoms with Crippen LogP contribution in [0, 0.1) is 0 Å². The van der Waals surface area contributed by atoms with Crippen molar-refractivity contribution < 1.29 is 19.2 Å². The first-order chi connectivity index (χ1) is 9.80. The van der Waals surface area contributed by atoms with Gasteiger partial charge in [-0.25, -0.2) is 0 Å². The molecule has 2 heterocycles. The van der Waals surface area contributed by atoms with Gasteiger partial charge in [-0.1, -0.05) is 19.0 Å². The Morgan fingerprint density at radius 3 is 2.86 bits per heavy atom. The summed E-state index contributed by atoms with van der Waals surface area (Å²) in [4.78, 5) is 24.6. The van der Waals surface area contributed by atoms with Crippen LogP contribution in [-0.2, 0) is 9.59 Å². The molecule has 1 aromatic rings. The second-order valence-electron chi connectivity index (χ2n) is 5.74. The maximum atomic E-state index is 11.9. The molecule has 1 aliphatic heterocycles. The van der Waals surface area contributed by atoms with Crippen LogP contribution >= 0.6 is 0 Å². The van der Waals surface area contributed by atoms with Gasteiger partial charge in [-0.15, -0.1) is 0 Å². The number of hydrogen-bond acceptors (Lipinski definition) is 6. The molecule has 0 radical (unpaired) electrons. The van der Waals surface area contributed by atoms with Gasteiger partial charge in [0.05, 0.1) is 12.2 Å². The normalized spacial score (nSPS) is 22.7. The predicted octanol–water partition coefficient (Wildman–Crippen LogP) is 0.224. The van der Waals surface area contributed by atoms with E-state index in [1.807, 2.05) is 13.8 Å². The van der Waals surface area contributed by atoms with Crippen LogP contribution in [0.25, 0.3) is 0 Å². The van der Waals surface area contributed by atoms with Crippen molar-refractivity contribution in [1.82, 2.24) is 10.1 Å². The summed E-state index contributed by atoms with van der Waals surface area (Å²) < 4.78 is 5.02. The van der Waals surface area contributed by atoms with E-state index in [0.717, 1.165) is 5.69 Å². The van der Waals surface area contributed by atoms with Crippen molar-refractivity contribution in [3.63, 3.8) is 0 Å². The average Bonchev–Trinajstić information content (AvgIpc) is 2.97. The quantitative estimate of drug-likeness (QED) is 0.710. The number of carboxylic acids is 1. The molecule has 1 aromatic heterocycles. The largest absolute Gasteiger partial charge is 0.480 e. The first-order valence-electron chi connectivity index (χ1n) is 6.81. The van der Waals surface area contributed by atoms with Gasteiger partial charge in [0, 0.05) is 19.2 Å². The van der Waals surface area contributed by atoms with E-state index >= 15 is 0 Å². The van der Waals surface area contributed by atoms with Crippen molar-refractivity contribution in [2.75, 3.05) is 25.0 Å². The molecule has 21 heavy (non-hydrogen) atoms. The Morgan fingerprint density at radius 1 is 1.62 bits per heavy atom. The maximum absolute atomic E-state index is 11.9. The van der Waals surface area contributed by atoms with Crippen molar-refractivity contribution in [3.05, 3.63) is 11.8 Å². The predicted molar refractivity (Wildman–Crippen MR) is 74.8 cm³/mol. The average molecular weight is 296 g/mol. The molecule has 0 bridgehead atoms. The number of likely N-dealkylation sites (tertiary alicyclic amines) is 1. The SMILES string of the molecule is CC(C)c1cc(NC(=O)CN2CCC(N)(C(=O)O)C2)on1. The minimum atomic E-state index is -1.27. The van der Waals surface area contributed by atoms with E-state index < -0.39 is 11.5 Å². The van der Waals surface area contributed by atoms with E-state index in [1.165, 1.54) is 0 Å². The van der Waals surface area contributed by atoms with E-state index in [0.29, 0.717) is 18.8 Å². The Bertz CT molecular complexity index is 542. The van der Waals surface area contributed by atoms with Crippen LogP contribution in [0.5, 0.6) is 0 Å². The Hall–Kier alpha value is -1.93. The molecular weight excluding hydrogens is 276 g/mol. The Kier molecular flexibility index (Phi) is 4.29. The topological polar surface area (TPSA) is 122 Å². The summed E-state index contributed by atoms with van der Waals surface area (Å²) in [6.07, 6.45) is 0.329. The summed E-state index contributed by atoms with van der Waals surface area (Å²) >= 11 is 0. The molecule has 0 saturated carbocycles. The molecule has 1 saturated heterocycles. The molecule has 1 amide bonds. The smallest absolute Gasteiger partial charge is 0.325 e. The Labute approximate surface area is 122 Å². The lowest BCUT2D eigenvalue weighted by molar-refractivity contribution is -0.143. The molecule has 0 spiro atoms. The zero-order valence-electron chi connectivity index (χ0n) is 12.1. The molecular formula is C13H20N4O4. The van der Waals surface area contributed by atoms with Gasteiger partial charge in [0.25, 0.3) is 0 Å². The molecule has 1 fully saturated rings. The van der Waals surface area contributed by atoms with Crippen molar-refractivity contribution in [3.8, 4) is 0 Å². The number of nitrogens with one attached hydrogen (secondary N) is 1. The third-order valence-electron chi connectivity index (χ3n) is 3.56. The molecule has 0 aromatic carbocycles. The summed E-state index contributed by atoms with van der Waals surface area (Å²) in [5, 5.41) is 15.5. The number of aromatic nitrogens is 1. The number of rotatable bonds is 5. The zero-order valence-corrected chi connectivity index (χ0v) is 12.1. The van der Waals surface area contributed by atoms with E-state index in [4.69, 9.17) is 15.4 Å². The van der Waals surface area contributed by atoms with Gasteiger partial charge in [0.1, 0.15) is 5.54 Å². The van der Waals surface area contributed by atoms with Gasteiger partial charge in [0.15, 0.2) is 0 Å². The summed E-state index contributed by atoms with van der Waals surface area (Å²) in [6.45, 7) is 4.65. The number of hydrogen-bond donors (Lipinski definition) is 3. The Balaban J connectivity index is 1.86. The fourth-order valence-corrected chi connectivity index (χ4v) is 2.22. The van der Waals surface area contributed by atoms with E-state index in [2.05, 4.69) is 10.5 Å². The second-order valence-corrected chi connectivity index (χ2v) is 5.74. The van der Waals surface area contributed by atoms with Crippen molar-refractivity contribution in [2.45, 2.75) is 31.7 Å². The third-order valence-corrected chi connectivity index (χ3v) is 3.56.